The van der Waals surface area contributed by atoms with Crippen LogP contribution in [-0.4, -0.2) is 29.5 Å². The van der Waals surface area contributed by atoms with Crippen LogP contribution in [0.2, 0.25) is 0 Å². The molecule has 17 heavy (non-hydrogen) atoms. The van der Waals surface area contributed by atoms with Gasteiger partial charge in [-0.3, -0.25) is 0 Å². The Hall–Kier alpha value is -0.120. The van der Waals surface area contributed by atoms with Crippen molar-refractivity contribution < 1.29 is 10.2 Å². The topological polar surface area (TPSA) is 66.5 Å². The number of rotatable bonds is 13. The Morgan fingerprint density at radius 2 is 1.12 bits per heavy atom. The molecule has 3 nitrogen and oxygen atoms in total. The fourth-order valence-electron chi connectivity index (χ4n) is 2.02. The Morgan fingerprint density at radius 3 is 1.53 bits per heavy atom. The number of unbranched alkanes of at least 4 members (excludes halogenated alkanes) is 9. The highest BCUT2D eigenvalue weighted by atomic mass is 16.3. The number of hydrogen-bond donors (Lipinski definition) is 3. The van der Waals surface area contributed by atoms with Gasteiger partial charge >= 0.3 is 0 Å². The monoisotopic (exact) mass is 245 g/mol. The summed E-state index contributed by atoms with van der Waals surface area (Å²) in [5.41, 5.74) is 5.34. The van der Waals surface area contributed by atoms with Gasteiger partial charge in [0.15, 0.2) is 0 Å². The second-order valence-corrected chi connectivity index (χ2v) is 4.94. The lowest BCUT2D eigenvalue weighted by molar-refractivity contribution is 0.168. The van der Waals surface area contributed by atoms with Gasteiger partial charge in [-0.15, -0.1) is 0 Å². The molecule has 104 valence electrons. The summed E-state index contributed by atoms with van der Waals surface area (Å²) in [6.07, 6.45) is 12.9. The Labute approximate surface area is 106 Å². The van der Waals surface area contributed by atoms with Crippen LogP contribution in [0.25, 0.3) is 0 Å². The largest absolute Gasteiger partial charge is 0.396 e. The van der Waals surface area contributed by atoms with Gasteiger partial charge in [0.05, 0.1) is 6.10 Å². The van der Waals surface area contributed by atoms with Crippen molar-refractivity contribution in [3.8, 4) is 0 Å². The molecule has 1 atom stereocenters. The first-order valence-electron chi connectivity index (χ1n) is 7.30. The van der Waals surface area contributed by atoms with Crippen molar-refractivity contribution in [2.24, 2.45) is 5.73 Å². The molecule has 0 amide bonds. The van der Waals surface area contributed by atoms with E-state index in [0.29, 0.717) is 13.2 Å². The highest BCUT2D eigenvalue weighted by molar-refractivity contribution is 4.55. The van der Waals surface area contributed by atoms with E-state index in [9.17, 15) is 5.11 Å². The Kier molecular flexibility index (Phi) is 13.8. The van der Waals surface area contributed by atoms with Crippen molar-refractivity contribution in [3.05, 3.63) is 0 Å². The van der Waals surface area contributed by atoms with Gasteiger partial charge in [0.1, 0.15) is 0 Å². The molecule has 3 heteroatoms. The van der Waals surface area contributed by atoms with Crippen molar-refractivity contribution in [1.29, 1.82) is 0 Å². The molecule has 0 aliphatic carbocycles. The smallest absolute Gasteiger partial charge is 0.0662 e. The van der Waals surface area contributed by atoms with Crippen molar-refractivity contribution in [1.82, 2.24) is 0 Å². The lowest BCUT2D eigenvalue weighted by Gasteiger charge is -2.06. The summed E-state index contributed by atoms with van der Waals surface area (Å²) >= 11 is 0. The predicted molar refractivity (Wildman–Crippen MR) is 72.9 cm³/mol. The van der Waals surface area contributed by atoms with Crippen LogP contribution in [0.1, 0.15) is 70.6 Å². The van der Waals surface area contributed by atoms with Crippen LogP contribution in [0.3, 0.4) is 0 Å². The molecule has 0 aliphatic rings. The molecule has 0 saturated carbocycles. The fraction of sp³-hybridized carbons (Fsp3) is 1.00. The molecular formula is C14H31NO2. The Balaban J connectivity index is 2.94. The molecule has 0 rings (SSSR count). The third kappa shape index (κ3) is 13.8. The van der Waals surface area contributed by atoms with E-state index in [4.69, 9.17) is 10.8 Å². The molecule has 0 radical (unpaired) electrons. The van der Waals surface area contributed by atoms with Crippen LogP contribution in [0.4, 0.5) is 0 Å². The van der Waals surface area contributed by atoms with E-state index in [1.54, 1.807) is 0 Å². The van der Waals surface area contributed by atoms with Crippen molar-refractivity contribution in [2.75, 3.05) is 13.2 Å². The third-order valence-corrected chi connectivity index (χ3v) is 3.22. The summed E-state index contributed by atoms with van der Waals surface area (Å²) in [4.78, 5) is 0. The van der Waals surface area contributed by atoms with Crippen molar-refractivity contribution in [3.63, 3.8) is 0 Å². The summed E-state index contributed by atoms with van der Waals surface area (Å²) in [6.45, 7) is 0.739. The molecular weight excluding hydrogens is 214 g/mol. The van der Waals surface area contributed by atoms with Crippen LogP contribution in [-0.2, 0) is 0 Å². The fourth-order valence-corrected chi connectivity index (χ4v) is 2.02. The van der Waals surface area contributed by atoms with E-state index in [1.807, 2.05) is 0 Å². The Morgan fingerprint density at radius 1 is 0.706 bits per heavy atom. The molecule has 0 saturated heterocycles. The zero-order valence-electron chi connectivity index (χ0n) is 11.2. The first-order valence-corrected chi connectivity index (χ1v) is 7.30. The van der Waals surface area contributed by atoms with Crippen LogP contribution in [0, 0.1) is 0 Å². The van der Waals surface area contributed by atoms with Crippen molar-refractivity contribution in [2.45, 2.75) is 76.7 Å². The SMILES string of the molecule is NCC(O)CCCCCCCCCCCCO. The molecule has 0 heterocycles. The van der Waals surface area contributed by atoms with Gasteiger partial charge in [0.25, 0.3) is 0 Å². The van der Waals surface area contributed by atoms with Gasteiger partial charge in [0, 0.05) is 13.2 Å². The second kappa shape index (κ2) is 13.9. The van der Waals surface area contributed by atoms with Crippen LogP contribution < -0.4 is 5.73 Å². The third-order valence-electron chi connectivity index (χ3n) is 3.22. The number of aliphatic hydroxyl groups is 2. The second-order valence-electron chi connectivity index (χ2n) is 4.94. The molecule has 0 aliphatic heterocycles. The lowest BCUT2D eigenvalue weighted by Crippen LogP contribution is -2.19. The minimum atomic E-state index is -0.290. The van der Waals surface area contributed by atoms with Gasteiger partial charge in [-0.2, -0.15) is 0 Å². The van der Waals surface area contributed by atoms with Gasteiger partial charge < -0.3 is 15.9 Å². The molecule has 0 fully saturated rings. The maximum absolute atomic E-state index is 9.26. The highest BCUT2D eigenvalue weighted by Gasteiger charge is 1.99. The van der Waals surface area contributed by atoms with E-state index in [-0.39, 0.29) is 6.10 Å². The summed E-state index contributed by atoms with van der Waals surface area (Å²) in [6, 6.07) is 0. The quantitative estimate of drug-likeness (QED) is 0.437. The average Bonchev–Trinajstić information content (AvgIpc) is 2.35. The van der Waals surface area contributed by atoms with E-state index >= 15 is 0 Å². The van der Waals surface area contributed by atoms with E-state index in [2.05, 4.69) is 0 Å². The van der Waals surface area contributed by atoms with Gasteiger partial charge in [-0.25, -0.2) is 0 Å². The molecule has 0 spiro atoms. The lowest BCUT2D eigenvalue weighted by atomic mass is 10.0. The predicted octanol–water partition coefficient (Wildman–Crippen LogP) is 2.59. The van der Waals surface area contributed by atoms with Crippen LogP contribution >= 0.6 is 0 Å². The zero-order chi connectivity index (χ0) is 12.8. The molecule has 0 aromatic rings. The first-order chi connectivity index (χ1) is 8.31. The molecule has 4 N–H and O–H groups in total. The number of aliphatic hydroxyl groups excluding tert-OH is 2. The minimum Gasteiger partial charge on any atom is -0.396 e. The minimum absolute atomic E-state index is 0.290. The number of hydrogen-bond acceptors (Lipinski definition) is 3. The summed E-state index contributed by atoms with van der Waals surface area (Å²) in [7, 11) is 0. The summed E-state index contributed by atoms with van der Waals surface area (Å²) in [5, 5.41) is 17.9. The summed E-state index contributed by atoms with van der Waals surface area (Å²) < 4.78 is 0. The maximum atomic E-state index is 9.26. The maximum Gasteiger partial charge on any atom is 0.0662 e. The van der Waals surface area contributed by atoms with Gasteiger partial charge in [-0.1, -0.05) is 57.8 Å². The van der Waals surface area contributed by atoms with Gasteiger partial charge in [0.2, 0.25) is 0 Å². The summed E-state index contributed by atoms with van der Waals surface area (Å²) in [5.74, 6) is 0. The average molecular weight is 245 g/mol. The normalized spacial score (nSPS) is 12.9. The van der Waals surface area contributed by atoms with E-state index < -0.39 is 0 Å². The zero-order valence-corrected chi connectivity index (χ0v) is 11.2. The molecule has 0 bridgehead atoms. The van der Waals surface area contributed by atoms with Crippen LogP contribution in [0.5, 0.6) is 0 Å². The van der Waals surface area contributed by atoms with Crippen molar-refractivity contribution >= 4 is 0 Å². The molecule has 0 aromatic heterocycles. The van der Waals surface area contributed by atoms with E-state index in [1.165, 1.54) is 51.4 Å². The first kappa shape index (κ1) is 16.9. The standard InChI is InChI=1S/C14H31NO2/c15-13-14(17)11-9-7-5-3-1-2-4-6-8-10-12-16/h14,16-17H,1-13,15H2. The molecule has 1 unspecified atom stereocenters. The number of nitrogens with two attached hydrogens (primary N) is 1. The van der Waals surface area contributed by atoms with Crippen LogP contribution in [0.15, 0.2) is 0 Å². The van der Waals surface area contributed by atoms with E-state index in [0.717, 1.165) is 19.3 Å². The van der Waals surface area contributed by atoms with Gasteiger partial charge in [-0.05, 0) is 12.8 Å². The molecule has 0 aromatic carbocycles. The highest BCUT2D eigenvalue weighted by Crippen LogP contribution is 2.11. The Bertz CT molecular complexity index is 142.